The third-order valence-electron chi connectivity index (χ3n) is 7.84. The van der Waals surface area contributed by atoms with E-state index in [9.17, 15) is 13.2 Å². The Morgan fingerprint density at radius 2 is 1.86 bits per heavy atom. The maximum atomic E-state index is 13.9. The van der Waals surface area contributed by atoms with Gasteiger partial charge in [-0.3, -0.25) is 4.79 Å². The predicted molar refractivity (Wildman–Crippen MR) is 161 cm³/mol. The second-order valence-electron chi connectivity index (χ2n) is 10.6. The molecule has 0 spiro atoms. The van der Waals surface area contributed by atoms with Gasteiger partial charge in [0.2, 0.25) is 0 Å². The summed E-state index contributed by atoms with van der Waals surface area (Å²) in [5.74, 6) is 0.995. The number of nitrogens with zero attached hydrogens (tertiary/aromatic N) is 2. The molecule has 42 heavy (non-hydrogen) atoms. The molecule has 0 radical (unpaired) electrons. The lowest BCUT2D eigenvalue weighted by Crippen LogP contribution is -2.48. The van der Waals surface area contributed by atoms with Gasteiger partial charge in [0.25, 0.3) is 5.91 Å². The molecule has 6 rings (SSSR count). The Morgan fingerprint density at radius 1 is 1.10 bits per heavy atom. The minimum absolute atomic E-state index is 0.134. The van der Waals surface area contributed by atoms with Crippen LogP contribution < -0.4 is 9.46 Å². The number of benzene rings is 2. The predicted octanol–water partition coefficient (Wildman–Crippen LogP) is 5.52. The summed E-state index contributed by atoms with van der Waals surface area (Å²) in [6, 6.07) is 15.0. The van der Waals surface area contributed by atoms with Gasteiger partial charge in [-0.05, 0) is 62.9 Å². The number of hydrogen-bond donors (Lipinski definition) is 1. The first-order valence-electron chi connectivity index (χ1n) is 14.1. The van der Waals surface area contributed by atoms with Crippen molar-refractivity contribution in [1.82, 2.24) is 14.0 Å². The molecule has 1 atom stereocenters. The van der Waals surface area contributed by atoms with E-state index in [-0.39, 0.29) is 38.0 Å². The highest BCUT2D eigenvalue weighted by molar-refractivity contribution is 7.87. The number of fused-ring (bicyclic) bond motifs is 2. The van der Waals surface area contributed by atoms with Crippen LogP contribution in [0.15, 0.2) is 59.0 Å². The van der Waals surface area contributed by atoms with E-state index in [1.807, 2.05) is 63.2 Å². The van der Waals surface area contributed by atoms with Crippen molar-refractivity contribution in [3.8, 4) is 17.2 Å². The van der Waals surface area contributed by atoms with Crippen LogP contribution in [0.2, 0.25) is 0 Å². The summed E-state index contributed by atoms with van der Waals surface area (Å²) < 4.78 is 47.9. The van der Waals surface area contributed by atoms with Crippen molar-refractivity contribution in [2.75, 3.05) is 26.3 Å². The zero-order valence-electron chi connectivity index (χ0n) is 23.8. The number of carbonyl (C=O) groups is 1. The van der Waals surface area contributed by atoms with Gasteiger partial charge in [-0.25, -0.2) is 9.71 Å². The van der Waals surface area contributed by atoms with Crippen LogP contribution in [0.4, 0.5) is 0 Å². The van der Waals surface area contributed by atoms with Gasteiger partial charge in [-0.1, -0.05) is 42.5 Å². The van der Waals surface area contributed by atoms with Crippen molar-refractivity contribution in [3.63, 3.8) is 0 Å². The van der Waals surface area contributed by atoms with Crippen molar-refractivity contribution in [2.45, 2.75) is 39.7 Å². The average molecular weight is 588 g/mol. The van der Waals surface area contributed by atoms with Crippen molar-refractivity contribution < 1.29 is 27.1 Å². The lowest BCUT2D eigenvalue weighted by Gasteiger charge is -2.26. The Balaban J connectivity index is 1.50. The molecular formula is C32H33N3O6S. The number of pyridine rings is 1. The first-order valence-corrected chi connectivity index (χ1v) is 15.5. The first-order chi connectivity index (χ1) is 20.2. The highest BCUT2D eigenvalue weighted by atomic mass is 32.2. The number of hydrogen-bond acceptors (Lipinski definition) is 7. The zero-order chi connectivity index (χ0) is 29.4. The van der Waals surface area contributed by atoms with Gasteiger partial charge in [0.1, 0.15) is 23.3 Å². The quantitative estimate of drug-likeness (QED) is 0.303. The average Bonchev–Trinajstić information content (AvgIpc) is 3.35. The van der Waals surface area contributed by atoms with Gasteiger partial charge >= 0.3 is 10.2 Å². The zero-order valence-corrected chi connectivity index (χ0v) is 24.7. The highest BCUT2D eigenvalue weighted by Crippen LogP contribution is 2.39. The normalized spacial score (nSPS) is 16.3. The Kier molecular flexibility index (Phi) is 7.61. The molecule has 2 aliphatic rings. The molecule has 2 aromatic carbocycles. The van der Waals surface area contributed by atoms with Crippen LogP contribution in [0.25, 0.3) is 28.4 Å². The molecule has 0 bridgehead atoms. The van der Waals surface area contributed by atoms with Crippen molar-refractivity contribution in [1.29, 1.82) is 0 Å². The number of allylic oxidation sites excluding steroid dienone is 1. The Hall–Kier alpha value is -3.99. The second-order valence-corrected chi connectivity index (χ2v) is 12.3. The number of ether oxygens (including phenoxy) is 2. The number of rotatable bonds is 7. The molecule has 1 aliphatic heterocycles. The Morgan fingerprint density at radius 3 is 2.60 bits per heavy atom. The lowest BCUT2D eigenvalue weighted by atomic mass is 9.98. The summed E-state index contributed by atoms with van der Waals surface area (Å²) in [6.45, 7) is 6.68. The van der Waals surface area contributed by atoms with E-state index in [0.717, 1.165) is 40.9 Å². The smallest absolute Gasteiger partial charge is 0.304 e. The van der Waals surface area contributed by atoms with Crippen LogP contribution in [0, 0.1) is 13.8 Å². The fraction of sp³-hybridized carbons (Fsp3) is 0.312. The van der Waals surface area contributed by atoms with Gasteiger partial charge in [0, 0.05) is 24.2 Å². The number of carbonyl (C=O) groups excluding carboxylic acids is 1. The molecule has 4 aromatic rings. The van der Waals surface area contributed by atoms with E-state index in [1.54, 1.807) is 12.1 Å². The summed E-state index contributed by atoms with van der Waals surface area (Å²) in [6.07, 6.45) is 5.47. The molecule has 1 N–H and O–H groups in total. The minimum atomic E-state index is -4.12. The molecule has 3 heterocycles. The number of aromatic nitrogens is 1. The van der Waals surface area contributed by atoms with Crippen molar-refractivity contribution >= 4 is 33.1 Å². The van der Waals surface area contributed by atoms with E-state index < -0.39 is 16.1 Å². The number of morpholine rings is 1. The standard InChI is InChI=1S/C32H33N3O6S/c1-20-13-14-28(40-22(3)23-9-5-4-6-10-23)29-25(32(36)34-42(37,38)35-15-17-39-18-16-35)19-26(33-30(20)29)31-21(2)24-11-7-8-12-27(24)41-31/h4-6,8-10,12-14,19,22H,7,11,15-18H2,1-3H3,(H,34,36)/t22-/m1/s1. The first kappa shape index (κ1) is 28.1. The third-order valence-corrected chi connectivity index (χ3v) is 9.33. The van der Waals surface area contributed by atoms with Gasteiger partial charge in [-0.2, -0.15) is 12.7 Å². The van der Waals surface area contributed by atoms with Gasteiger partial charge in [-0.15, -0.1) is 0 Å². The molecule has 0 unspecified atom stereocenters. The van der Waals surface area contributed by atoms with E-state index in [2.05, 4.69) is 10.8 Å². The summed E-state index contributed by atoms with van der Waals surface area (Å²) in [5, 5.41) is 0.435. The molecule has 0 saturated carbocycles. The molecule has 1 fully saturated rings. The summed E-state index contributed by atoms with van der Waals surface area (Å²) in [5.41, 5.74) is 4.95. The highest BCUT2D eigenvalue weighted by Gasteiger charge is 2.30. The van der Waals surface area contributed by atoms with Crippen LogP contribution in [0.3, 0.4) is 0 Å². The fourth-order valence-corrected chi connectivity index (χ4v) is 6.62. The Bertz CT molecular complexity index is 1790. The van der Waals surface area contributed by atoms with Crippen LogP contribution in [0.5, 0.6) is 5.75 Å². The van der Waals surface area contributed by atoms with Gasteiger partial charge in [0.15, 0.2) is 5.76 Å². The third kappa shape index (κ3) is 5.33. The number of amides is 1. The van der Waals surface area contributed by atoms with Gasteiger partial charge in [0.05, 0.1) is 29.7 Å². The molecular weight excluding hydrogens is 554 g/mol. The molecule has 1 amide bonds. The monoisotopic (exact) mass is 587 g/mol. The van der Waals surface area contributed by atoms with Crippen LogP contribution in [-0.2, 0) is 21.4 Å². The molecule has 2 aromatic heterocycles. The Labute approximate surface area is 245 Å². The van der Waals surface area contributed by atoms with Crippen LogP contribution in [0.1, 0.15) is 57.8 Å². The van der Waals surface area contributed by atoms with E-state index >= 15 is 0 Å². The topological polar surface area (TPSA) is 111 Å². The largest absolute Gasteiger partial charge is 0.485 e. The lowest BCUT2D eigenvalue weighted by molar-refractivity contribution is 0.0719. The van der Waals surface area contributed by atoms with Crippen molar-refractivity contribution in [3.05, 3.63) is 88.2 Å². The number of aryl methyl sites for hydroxylation is 1. The molecule has 1 saturated heterocycles. The van der Waals surface area contributed by atoms with E-state index in [4.69, 9.17) is 18.9 Å². The summed E-state index contributed by atoms with van der Waals surface area (Å²) in [4.78, 5) is 18.9. The molecule has 10 heteroatoms. The fourth-order valence-electron chi connectivity index (χ4n) is 5.52. The van der Waals surface area contributed by atoms with Crippen molar-refractivity contribution in [2.24, 2.45) is 0 Å². The maximum Gasteiger partial charge on any atom is 0.304 e. The maximum absolute atomic E-state index is 13.9. The minimum Gasteiger partial charge on any atom is -0.485 e. The van der Waals surface area contributed by atoms with Crippen LogP contribution in [-0.4, -0.2) is 49.9 Å². The second kappa shape index (κ2) is 11.4. The van der Waals surface area contributed by atoms with Crippen LogP contribution >= 0.6 is 0 Å². The molecule has 1 aliphatic carbocycles. The number of nitrogens with one attached hydrogen (secondary N) is 1. The summed E-state index contributed by atoms with van der Waals surface area (Å²) >= 11 is 0. The van der Waals surface area contributed by atoms with E-state index in [0.29, 0.717) is 28.1 Å². The number of furan rings is 1. The molecule has 218 valence electrons. The summed E-state index contributed by atoms with van der Waals surface area (Å²) in [7, 11) is -4.12. The van der Waals surface area contributed by atoms with Gasteiger partial charge < -0.3 is 13.9 Å². The molecule has 9 nitrogen and oxygen atoms in total. The van der Waals surface area contributed by atoms with E-state index in [1.165, 1.54) is 4.31 Å². The SMILES string of the molecule is Cc1c(-c2cc(C(=O)NS(=O)(=O)N3CCOCC3)c3c(O[C@H](C)c4ccccc4)ccc(C)c3n2)oc2c1CCC=C2.